The molecule has 3 aliphatic carbocycles. The van der Waals surface area contributed by atoms with Gasteiger partial charge in [0.15, 0.2) is 34.7 Å². The SMILES string of the molecule is CC1c2ccc(N(Cc3ccccc3)Cc3ccccc3)c(O)c2C(=O)C2C(=O)[C@]3(O)C(=O)C(C(N)=O)C(=O)[C@@H](N(C)C)C3C(O)C21. The second-order valence-electron chi connectivity index (χ2n) is 13.1. The Hall–Kier alpha value is -4.71. The lowest BCUT2D eigenvalue weighted by atomic mass is 9.49. The number of ketones is 4. The van der Waals surface area contributed by atoms with E-state index in [1.807, 2.05) is 65.6 Å². The summed E-state index contributed by atoms with van der Waals surface area (Å²) in [5.41, 5.74) is 4.83. The van der Waals surface area contributed by atoms with Gasteiger partial charge in [0, 0.05) is 19.0 Å². The van der Waals surface area contributed by atoms with Crippen LogP contribution in [0.4, 0.5) is 5.69 Å². The molecule has 3 aromatic rings. The zero-order chi connectivity index (χ0) is 33.9. The van der Waals surface area contributed by atoms with Crippen molar-refractivity contribution in [3.63, 3.8) is 0 Å². The third-order valence-electron chi connectivity index (χ3n) is 10.2. The van der Waals surface area contributed by atoms with Crippen molar-refractivity contribution in [1.29, 1.82) is 0 Å². The maximum atomic E-state index is 14.4. The van der Waals surface area contributed by atoms with Crippen LogP contribution in [0.25, 0.3) is 0 Å². The van der Waals surface area contributed by atoms with E-state index in [1.165, 1.54) is 19.0 Å². The molecule has 11 heteroatoms. The zero-order valence-electron chi connectivity index (χ0n) is 26.2. The molecule has 47 heavy (non-hydrogen) atoms. The molecule has 2 fully saturated rings. The number of hydrogen-bond donors (Lipinski definition) is 4. The summed E-state index contributed by atoms with van der Waals surface area (Å²) < 4.78 is 0. The second-order valence-corrected chi connectivity index (χ2v) is 13.1. The highest BCUT2D eigenvalue weighted by molar-refractivity contribution is 6.32. The molecule has 0 spiro atoms. The van der Waals surface area contributed by atoms with Crippen molar-refractivity contribution in [2.75, 3.05) is 19.0 Å². The summed E-state index contributed by atoms with van der Waals surface area (Å²) in [4.78, 5) is 71.2. The molecule has 3 aromatic carbocycles. The molecule has 0 bridgehead atoms. The normalized spacial score (nSPS) is 30.0. The average molecular weight is 640 g/mol. The molecule has 244 valence electrons. The lowest BCUT2D eigenvalue weighted by Crippen LogP contribution is -2.77. The number of amides is 1. The second kappa shape index (κ2) is 11.8. The van der Waals surface area contributed by atoms with E-state index in [2.05, 4.69) is 0 Å². The molecule has 0 aromatic heterocycles. The number of nitrogens with zero attached hydrogens (tertiary/aromatic N) is 2. The predicted molar refractivity (Wildman–Crippen MR) is 170 cm³/mol. The number of anilines is 1. The zero-order valence-corrected chi connectivity index (χ0v) is 26.2. The number of nitrogens with two attached hydrogens (primary N) is 1. The van der Waals surface area contributed by atoms with Gasteiger partial charge in [-0.1, -0.05) is 73.7 Å². The van der Waals surface area contributed by atoms with Gasteiger partial charge in [0.05, 0.1) is 35.2 Å². The quantitative estimate of drug-likeness (QED) is 0.278. The van der Waals surface area contributed by atoms with Crippen LogP contribution in [0.5, 0.6) is 5.75 Å². The molecule has 8 atom stereocenters. The monoisotopic (exact) mass is 639 g/mol. The fraction of sp³-hybridized carbons (Fsp3) is 0.361. The van der Waals surface area contributed by atoms with Crippen LogP contribution < -0.4 is 10.6 Å². The number of phenolic OH excluding ortho intramolecular Hbond substituents is 1. The number of benzene rings is 3. The highest BCUT2D eigenvalue weighted by atomic mass is 16.3. The molecule has 11 nitrogen and oxygen atoms in total. The van der Waals surface area contributed by atoms with Crippen LogP contribution in [-0.2, 0) is 32.3 Å². The van der Waals surface area contributed by atoms with Crippen molar-refractivity contribution in [1.82, 2.24) is 4.90 Å². The average Bonchev–Trinajstić information content (AvgIpc) is 3.03. The molecule has 5 N–H and O–H groups in total. The van der Waals surface area contributed by atoms with Crippen molar-refractivity contribution in [2.24, 2.45) is 29.4 Å². The Kier molecular flexibility index (Phi) is 8.11. The fourth-order valence-corrected chi connectivity index (χ4v) is 8.07. The third-order valence-corrected chi connectivity index (χ3v) is 10.2. The van der Waals surface area contributed by atoms with Gasteiger partial charge >= 0.3 is 0 Å². The van der Waals surface area contributed by atoms with E-state index in [0.717, 1.165) is 11.1 Å². The summed E-state index contributed by atoms with van der Waals surface area (Å²) in [6.07, 6.45) is -1.68. The summed E-state index contributed by atoms with van der Waals surface area (Å²) in [6.45, 7) is 2.44. The molecule has 0 radical (unpaired) electrons. The van der Waals surface area contributed by atoms with E-state index < -0.39 is 76.4 Å². The Balaban J connectivity index is 1.47. The van der Waals surface area contributed by atoms with Crippen LogP contribution in [0.1, 0.15) is 39.9 Å². The maximum Gasteiger partial charge on any atom is 0.235 e. The van der Waals surface area contributed by atoms with E-state index in [1.54, 1.807) is 19.1 Å². The smallest absolute Gasteiger partial charge is 0.235 e. The number of likely N-dealkylation sites (N-methyl/N-ethyl adjacent to an activating group) is 1. The first kappa shape index (κ1) is 32.2. The molecule has 0 saturated heterocycles. The van der Waals surface area contributed by atoms with Gasteiger partial charge < -0.3 is 26.0 Å². The Labute approximate surface area is 271 Å². The highest BCUT2D eigenvalue weighted by Gasteiger charge is 2.72. The van der Waals surface area contributed by atoms with Crippen LogP contribution in [0.15, 0.2) is 72.8 Å². The summed E-state index contributed by atoms with van der Waals surface area (Å²) in [5, 5.41) is 35.6. The van der Waals surface area contributed by atoms with Crippen LogP contribution in [0.2, 0.25) is 0 Å². The Morgan fingerprint density at radius 3 is 1.94 bits per heavy atom. The molecule has 1 amide bonds. The van der Waals surface area contributed by atoms with E-state index in [-0.39, 0.29) is 11.3 Å². The molecule has 0 heterocycles. The highest BCUT2D eigenvalue weighted by Crippen LogP contribution is 2.55. The number of hydrogen-bond acceptors (Lipinski definition) is 10. The minimum absolute atomic E-state index is 0.139. The van der Waals surface area contributed by atoms with Gasteiger partial charge in [-0.2, -0.15) is 0 Å². The van der Waals surface area contributed by atoms with E-state index in [9.17, 15) is 39.3 Å². The van der Waals surface area contributed by atoms with E-state index in [0.29, 0.717) is 24.3 Å². The topological polar surface area (TPSA) is 179 Å². The largest absolute Gasteiger partial charge is 0.505 e. The molecule has 2 saturated carbocycles. The number of aliphatic hydroxyl groups is 2. The molecule has 0 aliphatic heterocycles. The first-order chi connectivity index (χ1) is 22.3. The molecular weight excluding hydrogens is 602 g/mol. The lowest BCUT2D eigenvalue weighted by Gasteiger charge is -2.56. The first-order valence-corrected chi connectivity index (χ1v) is 15.5. The lowest BCUT2D eigenvalue weighted by molar-refractivity contribution is -0.196. The number of aliphatic hydroxyl groups excluding tert-OH is 1. The number of carbonyl (C=O) groups is 5. The Bertz CT molecular complexity index is 1740. The van der Waals surface area contributed by atoms with Gasteiger partial charge in [-0.25, -0.2) is 0 Å². The van der Waals surface area contributed by atoms with Crippen molar-refractivity contribution in [2.45, 2.75) is 43.7 Å². The summed E-state index contributed by atoms with van der Waals surface area (Å²) in [6, 6.07) is 21.1. The molecular formula is C36H37N3O8. The van der Waals surface area contributed by atoms with Crippen molar-refractivity contribution >= 4 is 34.7 Å². The predicted octanol–water partition coefficient (Wildman–Crippen LogP) is 1.61. The molecule has 3 aliphatic rings. The first-order valence-electron chi connectivity index (χ1n) is 15.5. The Morgan fingerprint density at radius 2 is 1.43 bits per heavy atom. The van der Waals surface area contributed by atoms with Crippen LogP contribution in [-0.4, -0.2) is 81.1 Å². The minimum Gasteiger partial charge on any atom is -0.505 e. The van der Waals surface area contributed by atoms with Gasteiger partial charge in [0.2, 0.25) is 5.91 Å². The maximum absolute atomic E-state index is 14.4. The number of carbonyl (C=O) groups excluding carboxylic acids is 5. The van der Waals surface area contributed by atoms with Crippen molar-refractivity contribution in [3.8, 4) is 5.75 Å². The fourth-order valence-electron chi connectivity index (χ4n) is 8.07. The standard InChI is InChI=1S/C36H37N3O8/c1-18-21-14-15-22(39(16-19-10-6-4-7-11-19)17-20-12-8-5-9-13-20)29(40)24(21)30(41)25-23(18)31(42)27-28(38(2)3)32(43)26(35(37)46)34(45)36(27,47)33(25)44/h4-15,18,23,25-28,31,40,42,47H,16-17H2,1-3H3,(H2,37,46)/t18?,23?,25?,26?,27?,28-,31?,36-/m0/s1. The van der Waals surface area contributed by atoms with Gasteiger partial charge in [-0.3, -0.25) is 28.9 Å². The molecule has 6 unspecified atom stereocenters. The van der Waals surface area contributed by atoms with Crippen LogP contribution in [0, 0.1) is 23.7 Å². The van der Waals surface area contributed by atoms with Gasteiger partial charge in [0.1, 0.15) is 5.75 Å². The number of fused-ring (bicyclic) bond motifs is 3. The van der Waals surface area contributed by atoms with Crippen LogP contribution in [0.3, 0.4) is 0 Å². The van der Waals surface area contributed by atoms with Crippen LogP contribution >= 0.6 is 0 Å². The Morgan fingerprint density at radius 1 is 0.872 bits per heavy atom. The summed E-state index contributed by atoms with van der Waals surface area (Å²) >= 11 is 0. The molecule has 6 rings (SSSR count). The number of rotatable bonds is 7. The van der Waals surface area contributed by atoms with E-state index >= 15 is 0 Å². The van der Waals surface area contributed by atoms with E-state index in [4.69, 9.17) is 5.73 Å². The number of aromatic hydroxyl groups is 1. The summed E-state index contributed by atoms with van der Waals surface area (Å²) in [5.74, 6) is -13.5. The summed E-state index contributed by atoms with van der Waals surface area (Å²) in [7, 11) is 2.92. The number of phenols is 1. The minimum atomic E-state index is -3.05. The van der Waals surface area contributed by atoms with Gasteiger partial charge in [0.25, 0.3) is 0 Å². The number of primary amides is 1. The third kappa shape index (κ3) is 4.88. The number of Topliss-reactive ketones (excluding diaryl/α,β-unsaturated/α-hetero) is 4. The van der Waals surface area contributed by atoms with Gasteiger partial charge in [-0.05, 0) is 42.8 Å². The van der Waals surface area contributed by atoms with Crippen molar-refractivity contribution in [3.05, 3.63) is 95.1 Å². The van der Waals surface area contributed by atoms with Gasteiger partial charge in [-0.15, -0.1) is 0 Å². The van der Waals surface area contributed by atoms with Crippen molar-refractivity contribution < 1.29 is 39.3 Å².